The maximum absolute atomic E-state index is 4.34. The van der Waals surface area contributed by atoms with Crippen LogP contribution in [-0.2, 0) is 0 Å². The molecule has 0 bridgehead atoms. The summed E-state index contributed by atoms with van der Waals surface area (Å²) in [6.07, 6.45) is 0. The van der Waals surface area contributed by atoms with Gasteiger partial charge in [-0.05, 0) is 11.5 Å². The topological polar surface area (TPSA) is 12.9 Å². The molecule has 1 heterocycles. The number of hydrogen-bond acceptors (Lipinski definition) is 3. The van der Waals surface area contributed by atoms with Gasteiger partial charge in [0.15, 0.2) is 0 Å². The van der Waals surface area contributed by atoms with Gasteiger partial charge in [-0.15, -0.1) is 24.0 Å². The average Bonchev–Trinajstić information content (AvgIpc) is 2.65. The molecule has 78 valence electrons. The van der Waals surface area contributed by atoms with Gasteiger partial charge in [0.1, 0.15) is 10.0 Å². The fourth-order valence-electron chi connectivity index (χ4n) is 1.41. The van der Waals surface area contributed by atoms with Gasteiger partial charge in [0.05, 0.1) is 0 Å². The minimum Gasteiger partial charge on any atom is -0.230 e. The van der Waals surface area contributed by atoms with Crippen LogP contribution in [0.3, 0.4) is 0 Å². The van der Waals surface area contributed by atoms with Gasteiger partial charge in [0, 0.05) is 10.9 Å². The van der Waals surface area contributed by atoms with Gasteiger partial charge in [-0.3, -0.25) is 0 Å². The van der Waals surface area contributed by atoms with Crippen LogP contribution >= 0.6 is 24.0 Å². The van der Waals surface area contributed by atoms with E-state index in [0.29, 0.717) is 5.92 Å². The Morgan fingerprint density at radius 1 is 1.20 bits per heavy atom. The van der Waals surface area contributed by atoms with Crippen molar-refractivity contribution in [2.24, 2.45) is 0 Å². The quantitative estimate of drug-likeness (QED) is 0.769. The molecule has 1 nitrogen and oxygen atoms in total. The minimum atomic E-state index is 0.579. The predicted octanol–water partition coefficient (Wildman–Crippen LogP) is 4.22. The van der Waals surface area contributed by atoms with Gasteiger partial charge in [0.25, 0.3) is 0 Å². The highest BCUT2D eigenvalue weighted by atomic mass is 32.1. The molecule has 0 unspecified atom stereocenters. The Balaban J connectivity index is 2.31. The van der Waals surface area contributed by atoms with E-state index in [9.17, 15) is 0 Å². The predicted molar refractivity (Wildman–Crippen MR) is 68.9 cm³/mol. The Kier molecular flexibility index (Phi) is 3.12. The molecule has 2 aromatic rings. The van der Waals surface area contributed by atoms with E-state index in [1.807, 2.05) is 5.38 Å². The smallest absolute Gasteiger partial charge is 0.124 e. The van der Waals surface area contributed by atoms with E-state index in [1.165, 1.54) is 11.1 Å². The zero-order valence-electron chi connectivity index (χ0n) is 8.77. The summed E-state index contributed by atoms with van der Waals surface area (Å²) in [6.45, 7) is 4.40. The zero-order valence-corrected chi connectivity index (χ0v) is 10.5. The first-order valence-electron chi connectivity index (χ1n) is 4.91. The largest absolute Gasteiger partial charge is 0.230 e. The van der Waals surface area contributed by atoms with Crippen molar-refractivity contribution < 1.29 is 0 Å². The lowest BCUT2D eigenvalue weighted by Crippen LogP contribution is -1.86. The fourth-order valence-corrected chi connectivity index (χ4v) is 2.43. The monoisotopic (exact) mass is 235 g/mol. The van der Waals surface area contributed by atoms with E-state index in [1.54, 1.807) is 11.3 Å². The van der Waals surface area contributed by atoms with Crippen molar-refractivity contribution in [3.63, 3.8) is 0 Å². The molecule has 0 N–H and O–H groups in total. The van der Waals surface area contributed by atoms with Crippen molar-refractivity contribution in [3.05, 3.63) is 35.2 Å². The first-order valence-corrected chi connectivity index (χ1v) is 6.24. The molecule has 0 spiro atoms. The van der Waals surface area contributed by atoms with Crippen LogP contribution in [0.25, 0.3) is 10.6 Å². The number of nitrogens with zero attached hydrogens (tertiary/aromatic N) is 1. The molecule has 3 heteroatoms. The van der Waals surface area contributed by atoms with Crippen molar-refractivity contribution in [3.8, 4) is 10.6 Å². The summed E-state index contributed by atoms with van der Waals surface area (Å²) < 4.78 is 0. The van der Waals surface area contributed by atoms with Crippen molar-refractivity contribution in [1.82, 2.24) is 4.98 Å². The number of thiazole rings is 1. The lowest BCUT2D eigenvalue weighted by Gasteiger charge is -2.05. The highest BCUT2D eigenvalue weighted by Crippen LogP contribution is 2.26. The van der Waals surface area contributed by atoms with Crippen molar-refractivity contribution >= 4 is 24.0 Å². The lowest BCUT2D eigenvalue weighted by molar-refractivity contribution is 0.867. The van der Waals surface area contributed by atoms with E-state index in [0.717, 1.165) is 10.0 Å². The van der Waals surface area contributed by atoms with Gasteiger partial charge < -0.3 is 0 Å². The standard InChI is InChI=1S/C12H13NS2/c1-8(2)9-3-5-10(6-4-9)12-13-11(14)7-15-12/h3-8,14H,1-2H3. The first kappa shape index (κ1) is 10.7. The van der Waals surface area contributed by atoms with Crippen LogP contribution in [-0.4, -0.2) is 4.98 Å². The van der Waals surface area contributed by atoms with Crippen LogP contribution in [0.15, 0.2) is 34.7 Å². The van der Waals surface area contributed by atoms with Crippen LogP contribution in [0.4, 0.5) is 0 Å². The summed E-state index contributed by atoms with van der Waals surface area (Å²) in [4.78, 5) is 4.34. The Morgan fingerprint density at radius 2 is 1.87 bits per heavy atom. The third-order valence-electron chi connectivity index (χ3n) is 2.32. The van der Waals surface area contributed by atoms with E-state index >= 15 is 0 Å². The third-order valence-corrected chi connectivity index (χ3v) is 3.61. The zero-order chi connectivity index (χ0) is 10.8. The summed E-state index contributed by atoms with van der Waals surface area (Å²) >= 11 is 5.84. The van der Waals surface area contributed by atoms with Crippen LogP contribution in [0.2, 0.25) is 0 Å². The summed E-state index contributed by atoms with van der Waals surface area (Å²) in [6, 6.07) is 8.59. The summed E-state index contributed by atoms with van der Waals surface area (Å²) in [5.74, 6) is 0.579. The molecule has 1 aromatic heterocycles. The van der Waals surface area contributed by atoms with E-state index in [2.05, 4.69) is 55.7 Å². The Morgan fingerprint density at radius 3 is 2.33 bits per heavy atom. The molecule has 0 saturated heterocycles. The Bertz CT molecular complexity index is 443. The number of hydrogen-bond donors (Lipinski definition) is 1. The second kappa shape index (κ2) is 4.37. The third kappa shape index (κ3) is 2.41. The molecule has 0 amide bonds. The summed E-state index contributed by atoms with van der Waals surface area (Å²) in [5.41, 5.74) is 2.53. The molecule has 0 saturated carbocycles. The normalized spacial score (nSPS) is 10.9. The first-order chi connectivity index (χ1) is 7.16. The number of benzene rings is 1. The summed E-state index contributed by atoms with van der Waals surface area (Å²) in [7, 11) is 0. The van der Waals surface area contributed by atoms with Crippen LogP contribution < -0.4 is 0 Å². The Hall–Kier alpha value is -0.800. The second-order valence-electron chi connectivity index (χ2n) is 3.79. The molecule has 2 rings (SSSR count). The molecule has 0 fully saturated rings. The second-order valence-corrected chi connectivity index (χ2v) is 5.10. The van der Waals surface area contributed by atoms with E-state index in [-0.39, 0.29) is 0 Å². The van der Waals surface area contributed by atoms with Crippen molar-refractivity contribution in [2.45, 2.75) is 24.8 Å². The molecule has 0 aliphatic rings. The molecule has 0 atom stereocenters. The number of rotatable bonds is 2. The number of aromatic nitrogens is 1. The fraction of sp³-hybridized carbons (Fsp3) is 0.250. The van der Waals surface area contributed by atoms with Gasteiger partial charge in [-0.1, -0.05) is 38.1 Å². The molecular weight excluding hydrogens is 222 g/mol. The van der Waals surface area contributed by atoms with E-state index < -0.39 is 0 Å². The highest BCUT2D eigenvalue weighted by molar-refractivity contribution is 7.80. The van der Waals surface area contributed by atoms with Crippen LogP contribution in [0.1, 0.15) is 25.3 Å². The molecule has 0 aliphatic carbocycles. The minimum absolute atomic E-state index is 0.579. The number of thiol groups is 1. The van der Waals surface area contributed by atoms with Crippen LogP contribution in [0.5, 0.6) is 0 Å². The summed E-state index contributed by atoms with van der Waals surface area (Å²) in [5, 5.41) is 3.78. The SMILES string of the molecule is CC(C)c1ccc(-c2nc(S)cs2)cc1. The highest BCUT2D eigenvalue weighted by Gasteiger charge is 2.03. The molecular formula is C12H13NS2. The molecule has 1 aromatic carbocycles. The van der Waals surface area contributed by atoms with Crippen molar-refractivity contribution in [2.75, 3.05) is 0 Å². The van der Waals surface area contributed by atoms with Gasteiger partial charge in [0.2, 0.25) is 0 Å². The van der Waals surface area contributed by atoms with Gasteiger partial charge in [-0.25, -0.2) is 4.98 Å². The van der Waals surface area contributed by atoms with E-state index in [4.69, 9.17) is 0 Å². The van der Waals surface area contributed by atoms with Crippen LogP contribution in [0, 0.1) is 0 Å². The molecule has 15 heavy (non-hydrogen) atoms. The molecule has 0 radical (unpaired) electrons. The molecule has 0 aliphatic heterocycles. The Labute approximate surface area is 99.6 Å². The average molecular weight is 235 g/mol. The van der Waals surface area contributed by atoms with Crippen molar-refractivity contribution in [1.29, 1.82) is 0 Å². The maximum Gasteiger partial charge on any atom is 0.124 e. The van der Waals surface area contributed by atoms with Gasteiger partial charge in [-0.2, -0.15) is 0 Å². The van der Waals surface area contributed by atoms with Gasteiger partial charge >= 0.3 is 0 Å². The maximum atomic E-state index is 4.34. The lowest BCUT2D eigenvalue weighted by atomic mass is 10.0.